The van der Waals surface area contributed by atoms with E-state index < -0.39 is 17.7 Å². The molecular weight excluding hydrogens is 211 g/mol. The molecule has 1 unspecified atom stereocenters. The van der Waals surface area contributed by atoms with Gasteiger partial charge >= 0.3 is 0 Å². The maximum atomic E-state index is 13.7. The van der Waals surface area contributed by atoms with Crippen LogP contribution in [0.3, 0.4) is 0 Å². The average molecular weight is 226 g/mol. The molecule has 0 heterocycles. The molecule has 3 nitrogen and oxygen atoms in total. The minimum atomic E-state index is -1.19. The predicted molar refractivity (Wildman–Crippen MR) is 58.1 cm³/mol. The first-order valence-corrected chi connectivity index (χ1v) is 5.03. The Hall–Kier alpha value is -1.42. The molecule has 0 amide bonds. The van der Waals surface area contributed by atoms with Gasteiger partial charge in [0.2, 0.25) is 0 Å². The van der Waals surface area contributed by atoms with E-state index in [1.54, 1.807) is 13.8 Å². The number of hydrogen-bond donors (Lipinski definition) is 1. The summed E-state index contributed by atoms with van der Waals surface area (Å²) in [5.74, 6) is -1.60. The molecule has 1 aromatic carbocycles. The molecule has 0 aliphatic rings. The summed E-state index contributed by atoms with van der Waals surface area (Å²) in [5, 5.41) is 9.58. The zero-order valence-electron chi connectivity index (χ0n) is 9.53. The average Bonchev–Trinajstić information content (AvgIpc) is 2.27. The van der Waals surface area contributed by atoms with Crippen molar-refractivity contribution in [3.05, 3.63) is 29.6 Å². The molecule has 0 fully saturated rings. The third kappa shape index (κ3) is 2.39. The molecule has 1 aromatic rings. The maximum Gasteiger partial charge on any atom is 0.194 e. The molecule has 1 N–H and O–H groups in total. The summed E-state index contributed by atoms with van der Waals surface area (Å²) >= 11 is 0. The van der Waals surface area contributed by atoms with Gasteiger partial charge in [0, 0.05) is 0 Å². The topological polar surface area (TPSA) is 46.5 Å². The molecule has 0 saturated heterocycles. The highest BCUT2D eigenvalue weighted by Gasteiger charge is 2.24. The Kier molecular flexibility index (Phi) is 4.01. The molecule has 0 aromatic heterocycles. The lowest BCUT2D eigenvalue weighted by Gasteiger charge is -2.14. The molecule has 0 radical (unpaired) electrons. The fourth-order valence-corrected chi connectivity index (χ4v) is 1.32. The number of ketones is 1. The van der Waals surface area contributed by atoms with Gasteiger partial charge in [0.25, 0.3) is 0 Å². The van der Waals surface area contributed by atoms with E-state index in [1.807, 2.05) is 0 Å². The number of Topliss-reactive ketones (excluding diaryl/α,β-unsaturated/α-hetero) is 1. The highest BCUT2D eigenvalue weighted by Crippen LogP contribution is 2.22. The summed E-state index contributed by atoms with van der Waals surface area (Å²) in [4.78, 5) is 11.7. The van der Waals surface area contributed by atoms with Crippen LogP contribution in [-0.2, 0) is 0 Å². The van der Waals surface area contributed by atoms with E-state index in [2.05, 4.69) is 0 Å². The predicted octanol–water partition coefficient (Wildman–Crippen LogP) is 2.03. The van der Waals surface area contributed by atoms with Gasteiger partial charge in [-0.15, -0.1) is 0 Å². The molecule has 1 atom stereocenters. The van der Waals surface area contributed by atoms with Gasteiger partial charge in [-0.25, -0.2) is 4.39 Å². The van der Waals surface area contributed by atoms with Crippen molar-refractivity contribution in [3.63, 3.8) is 0 Å². The number of rotatable bonds is 4. The molecule has 0 aliphatic heterocycles. The molecule has 0 saturated carbocycles. The van der Waals surface area contributed by atoms with Crippen LogP contribution in [0.4, 0.5) is 4.39 Å². The van der Waals surface area contributed by atoms with Gasteiger partial charge in [-0.2, -0.15) is 0 Å². The molecule has 16 heavy (non-hydrogen) atoms. The maximum absolute atomic E-state index is 13.7. The minimum Gasteiger partial charge on any atom is -0.494 e. The molecule has 0 spiro atoms. The molecule has 1 rings (SSSR count). The summed E-state index contributed by atoms with van der Waals surface area (Å²) in [6.07, 6.45) is -1.19. The minimum absolute atomic E-state index is 0.00167. The van der Waals surface area contributed by atoms with Crippen molar-refractivity contribution in [3.8, 4) is 5.75 Å². The molecule has 88 valence electrons. The normalized spacial score (nSPS) is 12.6. The van der Waals surface area contributed by atoms with Crippen LogP contribution in [-0.4, -0.2) is 24.1 Å². The Labute approximate surface area is 93.9 Å². The Bertz CT molecular complexity index is 388. The van der Waals surface area contributed by atoms with Gasteiger partial charge in [0.15, 0.2) is 17.3 Å². The largest absolute Gasteiger partial charge is 0.494 e. The Morgan fingerprint density at radius 2 is 2.06 bits per heavy atom. The van der Waals surface area contributed by atoms with Gasteiger partial charge in [-0.1, -0.05) is 19.9 Å². The number of ether oxygens (including phenoxy) is 1. The highest BCUT2D eigenvalue weighted by molar-refractivity contribution is 6.00. The summed E-state index contributed by atoms with van der Waals surface area (Å²) in [7, 11) is 1.32. The second kappa shape index (κ2) is 5.07. The second-order valence-corrected chi connectivity index (χ2v) is 3.87. The van der Waals surface area contributed by atoms with Crippen LogP contribution >= 0.6 is 0 Å². The molecular formula is C12H15FO3. The lowest BCUT2D eigenvalue weighted by atomic mass is 9.97. The van der Waals surface area contributed by atoms with Gasteiger partial charge in [0.05, 0.1) is 12.7 Å². The zero-order valence-corrected chi connectivity index (χ0v) is 9.53. The van der Waals surface area contributed by atoms with E-state index in [1.165, 1.54) is 25.3 Å². The van der Waals surface area contributed by atoms with Crippen LogP contribution in [0.2, 0.25) is 0 Å². The smallest absolute Gasteiger partial charge is 0.194 e. The summed E-state index contributed by atoms with van der Waals surface area (Å²) in [6, 6.07) is 4.28. The number of carbonyl (C=O) groups is 1. The first-order chi connectivity index (χ1) is 7.49. The van der Waals surface area contributed by atoms with Crippen LogP contribution in [0.5, 0.6) is 5.75 Å². The first kappa shape index (κ1) is 12.6. The van der Waals surface area contributed by atoms with Crippen molar-refractivity contribution in [1.29, 1.82) is 0 Å². The van der Waals surface area contributed by atoms with Gasteiger partial charge < -0.3 is 9.84 Å². The number of halogens is 1. The number of aliphatic hydroxyl groups is 1. The van der Waals surface area contributed by atoms with E-state index in [0.717, 1.165) is 0 Å². The number of carbonyl (C=O) groups excluding carboxylic acids is 1. The van der Waals surface area contributed by atoms with Crippen molar-refractivity contribution in [2.24, 2.45) is 5.92 Å². The molecule has 0 bridgehead atoms. The monoisotopic (exact) mass is 226 g/mol. The van der Waals surface area contributed by atoms with Crippen LogP contribution in [0, 0.1) is 11.7 Å². The van der Waals surface area contributed by atoms with Gasteiger partial charge in [-0.05, 0) is 18.1 Å². The van der Waals surface area contributed by atoms with Crippen molar-refractivity contribution in [2.45, 2.75) is 20.0 Å². The standard InChI is InChI=1S/C12H15FO3/c1-7(2)11(14)12(15)8-5-4-6-9(16-3)10(8)13/h4-7,11,14H,1-3H3. The summed E-state index contributed by atoms with van der Waals surface area (Å²) in [6.45, 7) is 3.39. The highest BCUT2D eigenvalue weighted by atomic mass is 19.1. The van der Waals surface area contributed by atoms with Crippen molar-refractivity contribution in [2.75, 3.05) is 7.11 Å². The van der Waals surface area contributed by atoms with E-state index in [0.29, 0.717) is 0 Å². The molecule has 4 heteroatoms. The fourth-order valence-electron chi connectivity index (χ4n) is 1.32. The van der Waals surface area contributed by atoms with Crippen molar-refractivity contribution in [1.82, 2.24) is 0 Å². The van der Waals surface area contributed by atoms with Crippen molar-refractivity contribution < 1.29 is 19.0 Å². The fraction of sp³-hybridized carbons (Fsp3) is 0.417. The SMILES string of the molecule is COc1cccc(C(=O)C(O)C(C)C)c1F. The van der Waals surface area contributed by atoms with Crippen LogP contribution in [0.25, 0.3) is 0 Å². The van der Waals surface area contributed by atoms with Crippen LogP contribution in [0.1, 0.15) is 24.2 Å². The number of methoxy groups -OCH3 is 1. The van der Waals surface area contributed by atoms with E-state index in [9.17, 15) is 14.3 Å². The van der Waals surface area contributed by atoms with Gasteiger partial charge in [-0.3, -0.25) is 4.79 Å². The quantitative estimate of drug-likeness (QED) is 0.799. The zero-order chi connectivity index (χ0) is 12.3. The van der Waals surface area contributed by atoms with E-state index >= 15 is 0 Å². The second-order valence-electron chi connectivity index (χ2n) is 3.87. The third-order valence-electron chi connectivity index (χ3n) is 2.35. The number of benzene rings is 1. The number of aliphatic hydroxyl groups excluding tert-OH is 1. The first-order valence-electron chi connectivity index (χ1n) is 5.03. The van der Waals surface area contributed by atoms with Gasteiger partial charge in [0.1, 0.15) is 6.10 Å². The lowest BCUT2D eigenvalue weighted by molar-refractivity contribution is 0.0643. The molecule has 0 aliphatic carbocycles. The number of hydrogen-bond acceptors (Lipinski definition) is 3. The summed E-state index contributed by atoms with van der Waals surface area (Å²) < 4.78 is 18.5. The third-order valence-corrected chi connectivity index (χ3v) is 2.35. The van der Waals surface area contributed by atoms with Crippen LogP contribution in [0.15, 0.2) is 18.2 Å². The lowest BCUT2D eigenvalue weighted by Crippen LogP contribution is -2.27. The summed E-state index contributed by atoms with van der Waals surface area (Å²) in [5.41, 5.74) is -0.138. The van der Waals surface area contributed by atoms with E-state index in [-0.39, 0.29) is 17.2 Å². The van der Waals surface area contributed by atoms with Crippen molar-refractivity contribution >= 4 is 5.78 Å². The Morgan fingerprint density at radius 3 is 2.56 bits per heavy atom. The van der Waals surface area contributed by atoms with Crippen LogP contribution < -0.4 is 4.74 Å². The van der Waals surface area contributed by atoms with E-state index in [4.69, 9.17) is 4.74 Å². The Balaban J connectivity index is 3.09. The Morgan fingerprint density at radius 1 is 1.44 bits per heavy atom.